The molecule has 0 aliphatic rings. The van der Waals surface area contributed by atoms with Crippen LogP contribution in [0, 0.1) is 0 Å². The molecule has 0 aliphatic heterocycles. The summed E-state index contributed by atoms with van der Waals surface area (Å²) in [7, 11) is 0. The van der Waals surface area contributed by atoms with Crippen LogP contribution in [-0.4, -0.2) is 12.6 Å². The van der Waals surface area contributed by atoms with Gasteiger partial charge in [0.15, 0.2) is 0 Å². The van der Waals surface area contributed by atoms with E-state index in [1.54, 1.807) is 11.3 Å². The topological polar surface area (TPSA) is 41.1 Å². The Morgan fingerprint density at radius 3 is 2.73 bits per heavy atom. The Bertz CT molecular complexity index is 747. The van der Waals surface area contributed by atoms with Gasteiger partial charge in [0.2, 0.25) is 0 Å². The number of urea groups is 1. The minimum Gasteiger partial charge on any atom is -0.338 e. The Morgan fingerprint density at radius 2 is 1.86 bits per heavy atom. The first-order chi connectivity index (χ1) is 10.8. The maximum absolute atomic E-state index is 11.9. The monoisotopic (exact) mass is 310 g/mol. The van der Waals surface area contributed by atoms with Crippen molar-refractivity contribution in [1.29, 1.82) is 0 Å². The Kier molecular flexibility index (Phi) is 4.71. The highest BCUT2D eigenvalue weighted by molar-refractivity contribution is 7.07. The molecule has 3 rings (SSSR count). The zero-order chi connectivity index (χ0) is 15.2. The van der Waals surface area contributed by atoms with Crippen LogP contribution in [0.15, 0.2) is 59.3 Å². The van der Waals surface area contributed by atoms with E-state index in [1.807, 2.05) is 24.3 Å². The molecule has 0 spiro atoms. The first-order valence-electron chi connectivity index (χ1n) is 7.32. The van der Waals surface area contributed by atoms with Crippen molar-refractivity contribution in [2.45, 2.75) is 13.0 Å². The fraction of sp³-hybridized carbons (Fsp3) is 0.167. The fourth-order valence-electron chi connectivity index (χ4n) is 2.44. The third-order valence-electron chi connectivity index (χ3n) is 3.60. The molecule has 1 aromatic heterocycles. The van der Waals surface area contributed by atoms with Gasteiger partial charge in [-0.2, -0.15) is 11.3 Å². The summed E-state index contributed by atoms with van der Waals surface area (Å²) in [5.41, 5.74) is 2.39. The SMILES string of the molecule is O=C(NCCc1ccsc1)NCc1cccc2ccccc12. The van der Waals surface area contributed by atoms with Crippen LogP contribution < -0.4 is 10.6 Å². The third kappa shape index (κ3) is 3.65. The number of amides is 2. The summed E-state index contributed by atoms with van der Waals surface area (Å²) < 4.78 is 0. The van der Waals surface area contributed by atoms with Crippen molar-refractivity contribution in [3.8, 4) is 0 Å². The molecular weight excluding hydrogens is 292 g/mol. The zero-order valence-electron chi connectivity index (χ0n) is 12.2. The van der Waals surface area contributed by atoms with E-state index >= 15 is 0 Å². The molecule has 0 unspecified atom stereocenters. The van der Waals surface area contributed by atoms with Crippen LogP contribution in [0.1, 0.15) is 11.1 Å². The number of thiophene rings is 1. The van der Waals surface area contributed by atoms with Gasteiger partial charge in [0.05, 0.1) is 0 Å². The Morgan fingerprint density at radius 1 is 1.00 bits per heavy atom. The third-order valence-corrected chi connectivity index (χ3v) is 4.33. The molecule has 0 saturated carbocycles. The average Bonchev–Trinajstić information content (AvgIpc) is 3.06. The molecule has 0 bridgehead atoms. The molecule has 0 radical (unpaired) electrons. The van der Waals surface area contributed by atoms with E-state index < -0.39 is 0 Å². The summed E-state index contributed by atoms with van der Waals surface area (Å²) in [4.78, 5) is 11.9. The summed E-state index contributed by atoms with van der Waals surface area (Å²) in [6.07, 6.45) is 0.866. The van der Waals surface area contributed by atoms with Gasteiger partial charge in [0, 0.05) is 13.1 Å². The van der Waals surface area contributed by atoms with Gasteiger partial charge >= 0.3 is 6.03 Å². The van der Waals surface area contributed by atoms with E-state index in [0.717, 1.165) is 12.0 Å². The van der Waals surface area contributed by atoms with Crippen LogP contribution in [0.3, 0.4) is 0 Å². The lowest BCUT2D eigenvalue weighted by Crippen LogP contribution is -2.36. The fourth-order valence-corrected chi connectivity index (χ4v) is 3.14. The molecule has 112 valence electrons. The van der Waals surface area contributed by atoms with Gasteiger partial charge < -0.3 is 10.6 Å². The highest BCUT2D eigenvalue weighted by atomic mass is 32.1. The predicted octanol–water partition coefficient (Wildman–Crippen LogP) is 3.94. The van der Waals surface area contributed by atoms with Gasteiger partial charge in [-0.25, -0.2) is 4.79 Å². The van der Waals surface area contributed by atoms with Gasteiger partial charge in [-0.15, -0.1) is 0 Å². The summed E-state index contributed by atoms with van der Waals surface area (Å²) in [5.74, 6) is 0. The van der Waals surface area contributed by atoms with Gasteiger partial charge in [-0.05, 0) is 45.1 Å². The van der Waals surface area contributed by atoms with Crippen LogP contribution in [0.4, 0.5) is 4.79 Å². The van der Waals surface area contributed by atoms with E-state index in [9.17, 15) is 4.79 Å². The number of benzene rings is 2. The smallest absolute Gasteiger partial charge is 0.315 e. The molecule has 4 heteroatoms. The summed E-state index contributed by atoms with van der Waals surface area (Å²) in [6.45, 7) is 1.18. The molecule has 1 heterocycles. The number of rotatable bonds is 5. The molecular formula is C18H18N2OS. The second-order valence-corrected chi connectivity index (χ2v) is 5.91. The molecule has 0 aliphatic carbocycles. The van der Waals surface area contributed by atoms with Crippen LogP contribution in [0.25, 0.3) is 10.8 Å². The zero-order valence-corrected chi connectivity index (χ0v) is 13.0. The minimum absolute atomic E-state index is 0.122. The van der Waals surface area contributed by atoms with E-state index in [-0.39, 0.29) is 6.03 Å². The van der Waals surface area contributed by atoms with Gasteiger partial charge in [-0.1, -0.05) is 42.5 Å². The molecule has 3 nitrogen and oxygen atoms in total. The number of hydrogen-bond acceptors (Lipinski definition) is 2. The Balaban J connectivity index is 1.52. The van der Waals surface area contributed by atoms with Crippen molar-refractivity contribution >= 4 is 28.1 Å². The lowest BCUT2D eigenvalue weighted by atomic mass is 10.0. The van der Waals surface area contributed by atoms with Gasteiger partial charge in [0.1, 0.15) is 0 Å². The van der Waals surface area contributed by atoms with E-state index in [1.165, 1.54) is 16.3 Å². The summed E-state index contributed by atoms with van der Waals surface area (Å²) in [5, 5.41) is 12.4. The van der Waals surface area contributed by atoms with Gasteiger partial charge in [0.25, 0.3) is 0 Å². The average molecular weight is 310 g/mol. The molecule has 2 N–H and O–H groups in total. The van der Waals surface area contributed by atoms with Crippen LogP contribution >= 0.6 is 11.3 Å². The normalized spacial score (nSPS) is 10.5. The molecule has 0 saturated heterocycles. The number of fused-ring (bicyclic) bond motifs is 1. The minimum atomic E-state index is -0.122. The lowest BCUT2D eigenvalue weighted by molar-refractivity contribution is 0.240. The number of nitrogens with one attached hydrogen (secondary N) is 2. The lowest BCUT2D eigenvalue weighted by Gasteiger charge is -2.09. The standard InChI is InChI=1S/C18H18N2OS/c21-18(19-10-8-14-9-11-22-13-14)20-12-16-6-3-5-15-4-1-2-7-17(15)16/h1-7,9,11,13H,8,10,12H2,(H2,19,20,21). The quantitative estimate of drug-likeness (QED) is 0.736. The Hall–Kier alpha value is -2.33. The van der Waals surface area contributed by atoms with Crippen molar-refractivity contribution in [2.75, 3.05) is 6.54 Å². The van der Waals surface area contributed by atoms with Crippen LogP contribution in [0.2, 0.25) is 0 Å². The molecule has 22 heavy (non-hydrogen) atoms. The second kappa shape index (κ2) is 7.09. The number of carbonyl (C=O) groups is 1. The largest absolute Gasteiger partial charge is 0.338 e. The van der Waals surface area contributed by atoms with Gasteiger partial charge in [-0.3, -0.25) is 0 Å². The van der Waals surface area contributed by atoms with Crippen LogP contribution in [0.5, 0.6) is 0 Å². The van der Waals surface area contributed by atoms with Crippen LogP contribution in [-0.2, 0) is 13.0 Å². The van der Waals surface area contributed by atoms with Crippen molar-refractivity contribution in [2.24, 2.45) is 0 Å². The van der Waals surface area contributed by atoms with E-state index in [4.69, 9.17) is 0 Å². The first-order valence-corrected chi connectivity index (χ1v) is 8.26. The number of carbonyl (C=O) groups excluding carboxylic acids is 1. The molecule has 0 fully saturated rings. The molecule has 0 atom stereocenters. The summed E-state index contributed by atoms with van der Waals surface area (Å²) >= 11 is 1.68. The number of hydrogen-bond donors (Lipinski definition) is 2. The van der Waals surface area contributed by atoms with Crippen molar-refractivity contribution in [3.63, 3.8) is 0 Å². The van der Waals surface area contributed by atoms with Crippen molar-refractivity contribution < 1.29 is 4.79 Å². The maximum Gasteiger partial charge on any atom is 0.315 e. The Labute approximate surface area is 134 Å². The predicted molar refractivity (Wildman–Crippen MR) is 92.2 cm³/mol. The van der Waals surface area contributed by atoms with Crippen molar-refractivity contribution in [1.82, 2.24) is 10.6 Å². The molecule has 2 amide bonds. The second-order valence-electron chi connectivity index (χ2n) is 5.13. The molecule has 2 aromatic carbocycles. The van der Waals surface area contributed by atoms with E-state index in [2.05, 4.69) is 45.7 Å². The highest BCUT2D eigenvalue weighted by Gasteiger charge is 2.03. The first kappa shape index (κ1) is 14.6. The van der Waals surface area contributed by atoms with E-state index in [0.29, 0.717) is 13.1 Å². The highest BCUT2D eigenvalue weighted by Crippen LogP contribution is 2.18. The molecule has 3 aromatic rings. The van der Waals surface area contributed by atoms with Crippen molar-refractivity contribution in [3.05, 3.63) is 70.4 Å². The summed E-state index contributed by atoms with van der Waals surface area (Å²) in [6, 6.07) is 16.3. The maximum atomic E-state index is 11.9.